The summed E-state index contributed by atoms with van der Waals surface area (Å²) in [6, 6.07) is 13.4. The van der Waals surface area contributed by atoms with E-state index in [-0.39, 0.29) is 6.04 Å². The van der Waals surface area contributed by atoms with Gasteiger partial charge in [-0.05, 0) is 18.4 Å². The van der Waals surface area contributed by atoms with Gasteiger partial charge in [-0.1, -0.05) is 49.6 Å². The molecule has 1 aromatic rings. The van der Waals surface area contributed by atoms with Gasteiger partial charge in [0.1, 0.15) is 6.04 Å². The second-order valence-corrected chi connectivity index (χ2v) is 6.31. The van der Waals surface area contributed by atoms with Gasteiger partial charge in [0, 0.05) is 32.2 Å². The summed E-state index contributed by atoms with van der Waals surface area (Å²) in [5.74, 6) is 0. The second kappa shape index (κ2) is 7.06. The number of nitrogens with zero attached hydrogens (tertiary/aromatic N) is 3. The van der Waals surface area contributed by atoms with Crippen LogP contribution in [-0.2, 0) is 0 Å². The fraction of sp³-hybridized carbons (Fsp3) is 0.611. The third-order valence-corrected chi connectivity index (χ3v) is 5.04. The molecule has 3 rings (SSSR count). The van der Waals surface area contributed by atoms with Crippen LogP contribution in [0.4, 0.5) is 0 Å². The molecule has 112 valence electrons. The summed E-state index contributed by atoms with van der Waals surface area (Å²) in [7, 11) is 0. The molecule has 0 spiro atoms. The van der Waals surface area contributed by atoms with Crippen molar-refractivity contribution >= 4 is 0 Å². The predicted molar refractivity (Wildman–Crippen MR) is 84.8 cm³/mol. The number of nitriles is 1. The van der Waals surface area contributed by atoms with Crippen LogP contribution >= 0.6 is 0 Å². The predicted octanol–water partition coefficient (Wildman–Crippen LogP) is 3.20. The molecule has 1 heterocycles. The highest BCUT2D eigenvalue weighted by atomic mass is 15.3. The monoisotopic (exact) mass is 283 g/mol. The van der Waals surface area contributed by atoms with Crippen LogP contribution in [0, 0.1) is 11.3 Å². The van der Waals surface area contributed by atoms with E-state index in [0.717, 1.165) is 37.8 Å². The van der Waals surface area contributed by atoms with Gasteiger partial charge in [-0.25, -0.2) is 0 Å². The Bertz CT molecular complexity index is 465. The molecule has 0 radical (unpaired) electrons. The molecule has 1 unspecified atom stereocenters. The highest BCUT2D eigenvalue weighted by molar-refractivity contribution is 5.24. The molecule has 1 aliphatic heterocycles. The molecule has 1 aromatic carbocycles. The van der Waals surface area contributed by atoms with Gasteiger partial charge in [0.2, 0.25) is 0 Å². The molecule has 0 aromatic heterocycles. The lowest BCUT2D eigenvalue weighted by Crippen LogP contribution is -2.51. The SMILES string of the molecule is N#CC(c1ccccc1)N1CCN(C2CCCCC2)CC1. The molecule has 2 aliphatic rings. The van der Waals surface area contributed by atoms with E-state index >= 15 is 0 Å². The van der Waals surface area contributed by atoms with Crippen LogP contribution in [0.25, 0.3) is 0 Å². The van der Waals surface area contributed by atoms with Crippen molar-refractivity contribution in [3.63, 3.8) is 0 Å². The Kier molecular flexibility index (Phi) is 4.90. The lowest BCUT2D eigenvalue weighted by molar-refractivity contribution is 0.0676. The third-order valence-electron chi connectivity index (χ3n) is 5.04. The van der Waals surface area contributed by atoms with Crippen molar-refractivity contribution in [2.75, 3.05) is 26.2 Å². The summed E-state index contributed by atoms with van der Waals surface area (Å²) in [6.45, 7) is 4.28. The van der Waals surface area contributed by atoms with Gasteiger partial charge in [0.05, 0.1) is 6.07 Å². The lowest BCUT2D eigenvalue weighted by atomic mass is 9.93. The van der Waals surface area contributed by atoms with Crippen LogP contribution in [0.15, 0.2) is 30.3 Å². The Labute approximate surface area is 128 Å². The van der Waals surface area contributed by atoms with Gasteiger partial charge in [0.15, 0.2) is 0 Å². The molecule has 0 bridgehead atoms. The van der Waals surface area contributed by atoms with Crippen LogP contribution in [0.5, 0.6) is 0 Å². The molecule has 1 aliphatic carbocycles. The van der Waals surface area contributed by atoms with E-state index in [1.165, 1.54) is 32.1 Å². The summed E-state index contributed by atoms with van der Waals surface area (Å²) in [5, 5.41) is 9.54. The molecule has 1 saturated heterocycles. The van der Waals surface area contributed by atoms with Gasteiger partial charge in [0.25, 0.3) is 0 Å². The molecule has 3 nitrogen and oxygen atoms in total. The lowest BCUT2D eigenvalue weighted by Gasteiger charge is -2.42. The van der Waals surface area contributed by atoms with Crippen molar-refractivity contribution in [3.8, 4) is 6.07 Å². The van der Waals surface area contributed by atoms with Crippen molar-refractivity contribution in [3.05, 3.63) is 35.9 Å². The average Bonchev–Trinajstić information content (AvgIpc) is 2.58. The highest BCUT2D eigenvalue weighted by Crippen LogP contribution is 2.26. The molecule has 2 fully saturated rings. The summed E-state index contributed by atoms with van der Waals surface area (Å²) >= 11 is 0. The summed E-state index contributed by atoms with van der Waals surface area (Å²) in [4.78, 5) is 5.00. The maximum atomic E-state index is 9.54. The van der Waals surface area contributed by atoms with Gasteiger partial charge in [-0.2, -0.15) is 5.26 Å². The number of benzene rings is 1. The number of rotatable bonds is 3. The molecular formula is C18H25N3. The van der Waals surface area contributed by atoms with E-state index in [4.69, 9.17) is 0 Å². The van der Waals surface area contributed by atoms with E-state index in [0.29, 0.717) is 0 Å². The van der Waals surface area contributed by atoms with E-state index < -0.39 is 0 Å². The minimum Gasteiger partial charge on any atom is -0.298 e. The van der Waals surface area contributed by atoms with Crippen molar-refractivity contribution in [2.24, 2.45) is 0 Å². The maximum absolute atomic E-state index is 9.54. The smallest absolute Gasteiger partial charge is 0.123 e. The number of hydrogen-bond donors (Lipinski definition) is 0. The fourth-order valence-electron chi connectivity index (χ4n) is 3.81. The Balaban J connectivity index is 1.58. The quantitative estimate of drug-likeness (QED) is 0.853. The highest BCUT2D eigenvalue weighted by Gasteiger charge is 2.28. The molecule has 0 amide bonds. The first kappa shape index (κ1) is 14.6. The van der Waals surface area contributed by atoms with E-state index in [1.807, 2.05) is 18.2 Å². The van der Waals surface area contributed by atoms with Crippen molar-refractivity contribution in [1.29, 1.82) is 5.26 Å². The van der Waals surface area contributed by atoms with E-state index in [9.17, 15) is 5.26 Å². The zero-order chi connectivity index (χ0) is 14.5. The van der Waals surface area contributed by atoms with Gasteiger partial charge >= 0.3 is 0 Å². The van der Waals surface area contributed by atoms with Gasteiger partial charge in [-0.3, -0.25) is 9.80 Å². The first-order valence-corrected chi connectivity index (χ1v) is 8.31. The van der Waals surface area contributed by atoms with Crippen LogP contribution in [0.1, 0.15) is 43.7 Å². The third kappa shape index (κ3) is 3.45. The Morgan fingerprint density at radius 1 is 0.952 bits per heavy atom. The summed E-state index contributed by atoms with van der Waals surface area (Å²) < 4.78 is 0. The molecular weight excluding hydrogens is 258 g/mol. The zero-order valence-corrected chi connectivity index (χ0v) is 12.7. The van der Waals surface area contributed by atoms with Crippen LogP contribution < -0.4 is 0 Å². The first-order chi connectivity index (χ1) is 10.4. The summed E-state index contributed by atoms with van der Waals surface area (Å²) in [6.07, 6.45) is 6.97. The Morgan fingerprint density at radius 2 is 1.62 bits per heavy atom. The van der Waals surface area contributed by atoms with Crippen molar-refractivity contribution in [2.45, 2.75) is 44.2 Å². The maximum Gasteiger partial charge on any atom is 0.123 e. The largest absolute Gasteiger partial charge is 0.298 e. The molecule has 21 heavy (non-hydrogen) atoms. The zero-order valence-electron chi connectivity index (χ0n) is 12.7. The fourth-order valence-corrected chi connectivity index (χ4v) is 3.81. The van der Waals surface area contributed by atoms with Crippen LogP contribution in [-0.4, -0.2) is 42.0 Å². The van der Waals surface area contributed by atoms with E-state index in [2.05, 4.69) is 28.0 Å². The van der Waals surface area contributed by atoms with Gasteiger partial charge in [-0.15, -0.1) is 0 Å². The Morgan fingerprint density at radius 3 is 2.24 bits per heavy atom. The number of piperazine rings is 1. The van der Waals surface area contributed by atoms with Crippen molar-refractivity contribution < 1.29 is 0 Å². The normalized spacial score (nSPS) is 23.6. The van der Waals surface area contributed by atoms with E-state index in [1.54, 1.807) is 0 Å². The topological polar surface area (TPSA) is 30.3 Å². The molecule has 3 heteroatoms. The second-order valence-electron chi connectivity index (χ2n) is 6.31. The molecule has 1 atom stereocenters. The van der Waals surface area contributed by atoms with Crippen LogP contribution in [0.2, 0.25) is 0 Å². The average molecular weight is 283 g/mol. The minimum absolute atomic E-state index is 0.0836. The van der Waals surface area contributed by atoms with Crippen molar-refractivity contribution in [1.82, 2.24) is 9.80 Å². The summed E-state index contributed by atoms with van der Waals surface area (Å²) in [5.41, 5.74) is 1.13. The minimum atomic E-state index is -0.0836. The number of hydrogen-bond acceptors (Lipinski definition) is 3. The van der Waals surface area contributed by atoms with Crippen LogP contribution in [0.3, 0.4) is 0 Å². The standard InChI is InChI=1S/C18H25N3/c19-15-18(16-7-3-1-4-8-16)21-13-11-20(12-14-21)17-9-5-2-6-10-17/h1,3-4,7-8,17-18H,2,5-6,9-14H2. The first-order valence-electron chi connectivity index (χ1n) is 8.31. The van der Waals surface area contributed by atoms with Gasteiger partial charge < -0.3 is 0 Å². The molecule has 0 N–H and O–H groups in total. The Hall–Kier alpha value is -1.37. The molecule has 1 saturated carbocycles.